The highest BCUT2D eigenvalue weighted by molar-refractivity contribution is 7.16. The Morgan fingerprint density at radius 1 is 1.24 bits per heavy atom. The Hall–Kier alpha value is -2.27. The molecular weight excluding hydrogens is 466 g/mol. The Bertz CT molecular complexity index is 1060. The molecule has 1 saturated carbocycles. The van der Waals surface area contributed by atoms with Crippen molar-refractivity contribution in [3.05, 3.63) is 29.7 Å². The third kappa shape index (κ3) is 4.09. The minimum Gasteiger partial charge on any atom is -0.367 e. The van der Waals surface area contributed by atoms with Crippen molar-refractivity contribution in [1.29, 1.82) is 0 Å². The molecule has 0 unspecified atom stereocenters. The third-order valence-electron chi connectivity index (χ3n) is 6.85. The first-order chi connectivity index (χ1) is 16.0. The zero-order chi connectivity index (χ0) is 23.0. The molecule has 1 amide bonds. The lowest BCUT2D eigenvalue weighted by molar-refractivity contribution is -0.136. The summed E-state index contributed by atoms with van der Waals surface area (Å²) < 4.78 is 5.62. The average molecular weight is 490 g/mol. The number of nitrogens with zero attached hydrogens (tertiary/aromatic N) is 4. The van der Waals surface area contributed by atoms with Crippen molar-refractivity contribution in [3.8, 4) is 10.4 Å². The van der Waals surface area contributed by atoms with Gasteiger partial charge in [0.2, 0.25) is 0 Å². The number of likely N-dealkylation sites (tertiary alicyclic amines) is 1. The standard InChI is InChI=1S/C22H24ClN5O4S/c23-14-11-28(18-15(29)12-32-19(14)18)22(5-2-1-3-6-22)17(30)10-24-20(31)21-25-9-16(33-21)13-4-7-26-27-8-13/h4,7-9,14,18-19H,1-3,5-6,10-12H2,(H,24,31)/t14-,18+,19+/m0/s1. The summed E-state index contributed by atoms with van der Waals surface area (Å²) in [6.07, 6.45) is 8.55. The number of carbonyl (C=O) groups is 3. The van der Waals surface area contributed by atoms with Gasteiger partial charge in [-0.2, -0.15) is 10.2 Å². The summed E-state index contributed by atoms with van der Waals surface area (Å²) in [5.74, 6) is -0.511. The van der Waals surface area contributed by atoms with Gasteiger partial charge in [-0.15, -0.1) is 22.9 Å². The maximum Gasteiger partial charge on any atom is 0.280 e. The number of alkyl halides is 1. The smallest absolute Gasteiger partial charge is 0.280 e. The first-order valence-electron chi connectivity index (χ1n) is 11.1. The van der Waals surface area contributed by atoms with Gasteiger partial charge in [0.25, 0.3) is 5.91 Å². The molecule has 3 atom stereocenters. The van der Waals surface area contributed by atoms with Gasteiger partial charge in [0, 0.05) is 18.3 Å². The van der Waals surface area contributed by atoms with Crippen molar-refractivity contribution in [2.24, 2.45) is 0 Å². The zero-order valence-corrected chi connectivity index (χ0v) is 19.5. The van der Waals surface area contributed by atoms with Gasteiger partial charge in [0.05, 0.1) is 40.8 Å². The lowest BCUT2D eigenvalue weighted by Gasteiger charge is -2.45. The van der Waals surface area contributed by atoms with Gasteiger partial charge in [-0.25, -0.2) is 4.98 Å². The van der Waals surface area contributed by atoms with Crippen molar-refractivity contribution in [3.63, 3.8) is 0 Å². The van der Waals surface area contributed by atoms with Gasteiger partial charge in [-0.3, -0.25) is 19.3 Å². The summed E-state index contributed by atoms with van der Waals surface area (Å²) in [4.78, 5) is 45.9. The predicted octanol–water partition coefficient (Wildman–Crippen LogP) is 1.86. The van der Waals surface area contributed by atoms with Crippen LogP contribution >= 0.6 is 22.9 Å². The lowest BCUT2D eigenvalue weighted by Crippen LogP contribution is -2.61. The second-order valence-corrected chi connectivity index (χ2v) is 10.3. The molecule has 2 saturated heterocycles. The highest BCUT2D eigenvalue weighted by atomic mass is 35.5. The molecule has 2 aliphatic heterocycles. The first kappa shape index (κ1) is 22.5. The number of thiazole rings is 1. The van der Waals surface area contributed by atoms with Crippen molar-refractivity contribution < 1.29 is 19.1 Å². The van der Waals surface area contributed by atoms with Crippen molar-refractivity contribution in [1.82, 2.24) is 25.4 Å². The van der Waals surface area contributed by atoms with E-state index in [1.54, 1.807) is 24.7 Å². The van der Waals surface area contributed by atoms with Crippen LogP contribution in [0.5, 0.6) is 0 Å². The summed E-state index contributed by atoms with van der Waals surface area (Å²) in [6, 6.07) is 1.31. The molecule has 0 bridgehead atoms. The lowest BCUT2D eigenvalue weighted by atomic mass is 9.76. The summed E-state index contributed by atoms with van der Waals surface area (Å²) in [5.41, 5.74) is 0.0134. The number of hydrogen-bond donors (Lipinski definition) is 1. The van der Waals surface area contributed by atoms with E-state index in [1.165, 1.54) is 11.3 Å². The van der Waals surface area contributed by atoms with Crippen LogP contribution in [0, 0.1) is 0 Å². The largest absolute Gasteiger partial charge is 0.367 e. The Labute approximate surface area is 199 Å². The van der Waals surface area contributed by atoms with Crippen LogP contribution in [-0.2, 0) is 14.3 Å². The summed E-state index contributed by atoms with van der Waals surface area (Å²) in [7, 11) is 0. The SMILES string of the molecule is O=C(NCC(=O)C1(N2C[C@H](Cl)[C@H]3OCC(=O)[C@H]32)CCCCC1)c1ncc(-c2ccnnc2)s1. The number of rotatable bonds is 6. The Morgan fingerprint density at radius 3 is 2.82 bits per heavy atom. The van der Waals surface area contributed by atoms with Crippen LogP contribution < -0.4 is 5.32 Å². The van der Waals surface area contributed by atoms with Crippen LogP contribution in [-0.4, -0.2) is 80.3 Å². The number of hydrogen-bond acceptors (Lipinski definition) is 9. The Balaban J connectivity index is 1.30. The molecule has 1 aliphatic carbocycles. The van der Waals surface area contributed by atoms with Crippen LogP contribution in [0.1, 0.15) is 41.9 Å². The highest BCUT2D eigenvalue weighted by Crippen LogP contribution is 2.42. The number of Topliss-reactive ketones (excluding diaryl/α,β-unsaturated/α-hetero) is 2. The first-order valence-corrected chi connectivity index (χ1v) is 12.3. The van der Waals surface area contributed by atoms with Crippen molar-refractivity contribution in [2.75, 3.05) is 19.7 Å². The number of ether oxygens (including phenoxy) is 1. The van der Waals surface area contributed by atoms with E-state index in [4.69, 9.17) is 16.3 Å². The van der Waals surface area contributed by atoms with Crippen LogP contribution in [0.4, 0.5) is 0 Å². The summed E-state index contributed by atoms with van der Waals surface area (Å²) in [5, 5.41) is 10.3. The Morgan fingerprint density at radius 2 is 2.06 bits per heavy atom. The molecule has 33 heavy (non-hydrogen) atoms. The average Bonchev–Trinajstić information content (AvgIpc) is 3.56. The third-order valence-corrected chi connectivity index (χ3v) is 8.28. The number of ketones is 2. The molecule has 174 valence electrons. The molecule has 3 fully saturated rings. The highest BCUT2D eigenvalue weighted by Gasteiger charge is 2.58. The minimum atomic E-state index is -0.807. The zero-order valence-electron chi connectivity index (χ0n) is 17.9. The Kier molecular flexibility index (Phi) is 6.26. The van der Waals surface area contributed by atoms with E-state index < -0.39 is 17.5 Å². The second-order valence-electron chi connectivity index (χ2n) is 8.71. The fourth-order valence-electron chi connectivity index (χ4n) is 5.25. The van der Waals surface area contributed by atoms with Crippen molar-refractivity contribution >= 4 is 40.4 Å². The van der Waals surface area contributed by atoms with Gasteiger partial charge < -0.3 is 10.1 Å². The molecule has 1 N–H and O–H groups in total. The molecule has 0 radical (unpaired) electrons. The van der Waals surface area contributed by atoms with Crippen LogP contribution in [0.25, 0.3) is 10.4 Å². The molecule has 3 aliphatic rings. The topological polar surface area (TPSA) is 114 Å². The number of carbonyl (C=O) groups excluding carboxylic acids is 3. The van der Waals surface area contributed by atoms with Crippen LogP contribution in [0.2, 0.25) is 0 Å². The maximum absolute atomic E-state index is 13.6. The van der Waals surface area contributed by atoms with Crippen molar-refractivity contribution in [2.45, 2.75) is 55.2 Å². The second kappa shape index (κ2) is 9.17. The predicted molar refractivity (Wildman–Crippen MR) is 121 cm³/mol. The van der Waals surface area contributed by atoms with Gasteiger partial charge in [-0.1, -0.05) is 19.3 Å². The van der Waals surface area contributed by atoms with Gasteiger partial charge >= 0.3 is 0 Å². The molecule has 2 aromatic heterocycles. The van der Waals surface area contributed by atoms with E-state index in [1.807, 2.05) is 4.90 Å². The van der Waals surface area contributed by atoms with E-state index in [-0.39, 0.29) is 41.2 Å². The molecule has 0 aromatic carbocycles. The minimum absolute atomic E-state index is 0.0224. The number of aromatic nitrogens is 3. The molecule has 4 heterocycles. The fourth-order valence-corrected chi connectivity index (χ4v) is 6.43. The molecule has 9 nitrogen and oxygen atoms in total. The molecule has 2 aromatic rings. The molecule has 11 heteroatoms. The number of amides is 1. The summed E-state index contributed by atoms with van der Waals surface area (Å²) >= 11 is 7.73. The number of halogens is 1. The number of fused-ring (bicyclic) bond motifs is 1. The van der Waals surface area contributed by atoms with E-state index in [0.717, 1.165) is 29.7 Å². The van der Waals surface area contributed by atoms with Gasteiger partial charge in [0.1, 0.15) is 12.6 Å². The maximum atomic E-state index is 13.6. The quantitative estimate of drug-likeness (QED) is 0.611. The number of nitrogens with one attached hydrogen (secondary N) is 1. The van der Waals surface area contributed by atoms with Crippen LogP contribution in [0.15, 0.2) is 24.7 Å². The normalized spacial score (nSPS) is 26.8. The fraction of sp³-hybridized carbons (Fsp3) is 0.545. The van der Waals surface area contributed by atoms with E-state index >= 15 is 0 Å². The van der Waals surface area contributed by atoms with Gasteiger partial charge in [0.15, 0.2) is 16.6 Å². The molecule has 0 spiro atoms. The molecule has 5 rings (SSSR count). The van der Waals surface area contributed by atoms with E-state index in [2.05, 4.69) is 20.5 Å². The molecular formula is C22H24ClN5O4S. The van der Waals surface area contributed by atoms with Gasteiger partial charge in [-0.05, 0) is 18.9 Å². The summed E-state index contributed by atoms with van der Waals surface area (Å²) in [6.45, 7) is 0.341. The van der Waals surface area contributed by atoms with E-state index in [0.29, 0.717) is 19.4 Å². The van der Waals surface area contributed by atoms with Crippen LogP contribution in [0.3, 0.4) is 0 Å². The van der Waals surface area contributed by atoms with E-state index in [9.17, 15) is 14.4 Å². The monoisotopic (exact) mass is 489 g/mol.